The predicted molar refractivity (Wildman–Crippen MR) is 110 cm³/mol. The Morgan fingerprint density at radius 1 is 1.14 bits per heavy atom. The zero-order valence-corrected chi connectivity index (χ0v) is 17.8. The molecule has 0 bridgehead atoms. The highest BCUT2D eigenvalue weighted by Crippen LogP contribution is 2.37. The molecule has 6 nitrogen and oxygen atoms in total. The second kappa shape index (κ2) is 7.11. The summed E-state index contributed by atoms with van der Waals surface area (Å²) >= 11 is 0. The SMILES string of the molecule is CC(C)(C)CC(=O)N1c2ccccc2S(=O)(=O)N[C@@H]2CN(C3CCCC3)C[C@@H]21. The van der Waals surface area contributed by atoms with E-state index in [1.165, 1.54) is 25.7 Å². The smallest absolute Gasteiger partial charge is 0.243 e. The van der Waals surface area contributed by atoms with Gasteiger partial charge in [-0.1, -0.05) is 45.7 Å². The molecule has 1 saturated heterocycles. The number of hydrogen-bond acceptors (Lipinski definition) is 4. The molecule has 0 radical (unpaired) electrons. The maximum Gasteiger partial charge on any atom is 0.243 e. The highest BCUT2D eigenvalue weighted by atomic mass is 32.2. The van der Waals surface area contributed by atoms with E-state index < -0.39 is 10.0 Å². The molecular formula is C21H31N3O3S. The van der Waals surface area contributed by atoms with Gasteiger partial charge < -0.3 is 4.90 Å². The molecule has 2 heterocycles. The Morgan fingerprint density at radius 3 is 2.50 bits per heavy atom. The molecule has 1 N–H and O–H groups in total. The van der Waals surface area contributed by atoms with Crippen molar-refractivity contribution in [1.82, 2.24) is 9.62 Å². The van der Waals surface area contributed by atoms with Gasteiger partial charge in [-0.25, -0.2) is 13.1 Å². The van der Waals surface area contributed by atoms with Crippen molar-refractivity contribution in [3.05, 3.63) is 24.3 Å². The fourth-order valence-corrected chi connectivity index (χ4v) is 6.40. The number of anilines is 1. The van der Waals surface area contributed by atoms with Crippen LogP contribution in [0.2, 0.25) is 0 Å². The van der Waals surface area contributed by atoms with Crippen LogP contribution in [0.5, 0.6) is 0 Å². The lowest BCUT2D eigenvalue weighted by molar-refractivity contribution is -0.120. The van der Waals surface area contributed by atoms with Crippen LogP contribution in [-0.2, 0) is 14.8 Å². The Bertz CT molecular complexity index is 856. The number of nitrogens with one attached hydrogen (secondary N) is 1. The van der Waals surface area contributed by atoms with Crippen molar-refractivity contribution in [3.8, 4) is 0 Å². The lowest BCUT2D eigenvalue weighted by atomic mass is 9.91. The van der Waals surface area contributed by atoms with Crippen molar-refractivity contribution in [1.29, 1.82) is 0 Å². The number of nitrogens with zero attached hydrogens (tertiary/aromatic N) is 2. The van der Waals surface area contributed by atoms with Crippen LogP contribution in [-0.4, -0.2) is 50.4 Å². The number of para-hydroxylation sites is 1. The number of carbonyl (C=O) groups excluding carboxylic acids is 1. The van der Waals surface area contributed by atoms with E-state index in [1.807, 2.05) is 26.8 Å². The lowest BCUT2D eigenvalue weighted by Crippen LogP contribution is -2.51. The van der Waals surface area contributed by atoms with Crippen LogP contribution in [0.15, 0.2) is 29.2 Å². The predicted octanol–water partition coefficient (Wildman–Crippen LogP) is 2.74. The third-order valence-corrected chi connectivity index (χ3v) is 7.70. The first-order chi connectivity index (χ1) is 13.2. The van der Waals surface area contributed by atoms with Gasteiger partial charge in [0.15, 0.2) is 0 Å². The standard InChI is InChI=1S/C21H31N3O3S/c1-21(2,3)12-20(25)24-17-10-6-7-11-19(17)28(26,27)22-16-13-23(14-18(16)24)15-8-4-5-9-15/h6-7,10-11,15-16,18,22H,4-5,8-9,12-14H2,1-3H3/t16-,18+/m1/s1. The maximum absolute atomic E-state index is 13.4. The fourth-order valence-electron chi connectivity index (χ4n) is 4.94. The van der Waals surface area contributed by atoms with E-state index in [0.29, 0.717) is 24.7 Å². The first-order valence-corrected chi connectivity index (χ1v) is 11.8. The molecule has 28 heavy (non-hydrogen) atoms. The van der Waals surface area contributed by atoms with Crippen LogP contribution in [0.3, 0.4) is 0 Å². The molecule has 1 amide bonds. The summed E-state index contributed by atoms with van der Waals surface area (Å²) in [5.74, 6) is 0.00196. The molecule has 1 aromatic rings. The molecule has 0 spiro atoms. The van der Waals surface area contributed by atoms with Gasteiger partial charge in [0.2, 0.25) is 15.9 Å². The molecule has 3 aliphatic rings. The highest BCUT2D eigenvalue weighted by molar-refractivity contribution is 7.89. The average Bonchev–Trinajstić information content (AvgIpc) is 3.22. The van der Waals surface area contributed by atoms with E-state index in [0.717, 1.165) is 6.54 Å². The molecule has 1 aromatic carbocycles. The fraction of sp³-hybridized carbons (Fsp3) is 0.667. The van der Waals surface area contributed by atoms with Gasteiger partial charge in [0.25, 0.3) is 0 Å². The second-order valence-electron chi connectivity index (χ2n) is 9.66. The summed E-state index contributed by atoms with van der Waals surface area (Å²) in [6.07, 6.45) is 5.18. The third-order valence-electron chi connectivity index (χ3n) is 6.16. The summed E-state index contributed by atoms with van der Waals surface area (Å²) in [7, 11) is -3.66. The molecule has 4 rings (SSSR count). The second-order valence-corrected chi connectivity index (χ2v) is 11.3. The first kappa shape index (κ1) is 19.9. The molecule has 7 heteroatoms. The number of rotatable bonds is 2. The van der Waals surface area contributed by atoms with Gasteiger partial charge >= 0.3 is 0 Å². The molecule has 1 saturated carbocycles. The Hall–Kier alpha value is -1.44. The van der Waals surface area contributed by atoms with Gasteiger partial charge in [0.05, 0.1) is 17.8 Å². The molecule has 1 aliphatic carbocycles. The molecule has 0 aromatic heterocycles. The first-order valence-electron chi connectivity index (χ1n) is 10.3. The summed E-state index contributed by atoms with van der Waals surface area (Å²) in [6, 6.07) is 6.97. The summed E-state index contributed by atoms with van der Waals surface area (Å²) in [5, 5.41) is 0. The normalized spacial score (nSPS) is 28.0. The van der Waals surface area contributed by atoms with Crippen molar-refractivity contribution in [2.24, 2.45) is 5.41 Å². The third kappa shape index (κ3) is 3.72. The van der Waals surface area contributed by atoms with Crippen LogP contribution in [0, 0.1) is 5.41 Å². The van der Waals surface area contributed by atoms with Crippen molar-refractivity contribution in [2.45, 2.75) is 75.9 Å². The average molecular weight is 406 g/mol. The monoisotopic (exact) mass is 405 g/mol. The summed E-state index contributed by atoms with van der Waals surface area (Å²) in [5.41, 5.74) is 0.356. The topological polar surface area (TPSA) is 69.7 Å². The Morgan fingerprint density at radius 2 is 1.82 bits per heavy atom. The Kier molecular flexibility index (Phi) is 5.04. The minimum atomic E-state index is -3.66. The van der Waals surface area contributed by atoms with Gasteiger partial charge in [-0.3, -0.25) is 9.69 Å². The largest absolute Gasteiger partial charge is 0.305 e. The highest BCUT2D eigenvalue weighted by Gasteiger charge is 2.47. The number of benzene rings is 1. The van der Waals surface area contributed by atoms with Crippen LogP contribution >= 0.6 is 0 Å². The van der Waals surface area contributed by atoms with Gasteiger partial charge in [-0.15, -0.1) is 0 Å². The number of carbonyl (C=O) groups is 1. The summed E-state index contributed by atoms with van der Waals surface area (Å²) in [6.45, 7) is 7.52. The summed E-state index contributed by atoms with van der Waals surface area (Å²) < 4.78 is 29.0. The van der Waals surface area contributed by atoms with E-state index >= 15 is 0 Å². The van der Waals surface area contributed by atoms with Crippen molar-refractivity contribution < 1.29 is 13.2 Å². The molecular weight excluding hydrogens is 374 g/mol. The molecule has 2 fully saturated rings. The van der Waals surface area contributed by atoms with E-state index in [4.69, 9.17) is 0 Å². The van der Waals surface area contributed by atoms with Crippen LogP contribution in [0.25, 0.3) is 0 Å². The van der Waals surface area contributed by atoms with E-state index in [9.17, 15) is 13.2 Å². The lowest BCUT2D eigenvalue weighted by Gasteiger charge is -2.33. The Labute approximate surface area is 168 Å². The van der Waals surface area contributed by atoms with Crippen molar-refractivity contribution >= 4 is 21.6 Å². The number of sulfonamides is 1. The van der Waals surface area contributed by atoms with Crippen LogP contribution in [0.4, 0.5) is 5.69 Å². The minimum absolute atomic E-state index is 0.00196. The number of hydrogen-bond donors (Lipinski definition) is 1. The Balaban J connectivity index is 1.75. The van der Waals surface area contributed by atoms with Crippen molar-refractivity contribution in [3.63, 3.8) is 0 Å². The quantitative estimate of drug-likeness (QED) is 0.821. The van der Waals surface area contributed by atoms with Gasteiger partial charge in [0.1, 0.15) is 4.90 Å². The van der Waals surface area contributed by atoms with Gasteiger partial charge in [-0.2, -0.15) is 0 Å². The van der Waals surface area contributed by atoms with Crippen LogP contribution in [0.1, 0.15) is 52.9 Å². The van der Waals surface area contributed by atoms with E-state index in [1.54, 1.807) is 23.1 Å². The minimum Gasteiger partial charge on any atom is -0.305 e. The van der Waals surface area contributed by atoms with Gasteiger partial charge in [-0.05, 0) is 30.4 Å². The van der Waals surface area contributed by atoms with Crippen molar-refractivity contribution in [2.75, 3.05) is 18.0 Å². The molecule has 2 atom stereocenters. The molecule has 2 aliphatic heterocycles. The summed E-state index contributed by atoms with van der Waals surface area (Å²) in [4.78, 5) is 17.8. The zero-order valence-electron chi connectivity index (χ0n) is 17.0. The maximum atomic E-state index is 13.4. The van der Waals surface area contributed by atoms with Gasteiger partial charge in [0, 0.05) is 25.6 Å². The number of fused-ring (bicyclic) bond motifs is 2. The van der Waals surface area contributed by atoms with E-state index in [-0.39, 0.29) is 28.3 Å². The molecule has 0 unspecified atom stereocenters. The van der Waals surface area contributed by atoms with E-state index in [2.05, 4.69) is 9.62 Å². The molecule has 154 valence electrons. The van der Waals surface area contributed by atoms with Crippen LogP contribution < -0.4 is 9.62 Å². The number of amides is 1. The number of likely N-dealkylation sites (tertiary alicyclic amines) is 1. The zero-order chi connectivity index (χ0) is 20.1.